The zero-order chi connectivity index (χ0) is 20.6. The van der Waals surface area contributed by atoms with Crippen LogP contribution in [0.25, 0.3) is 0 Å². The number of ether oxygens (including phenoxy) is 2. The molecule has 1 aromatic carbocycles. The summed E-state index contributed by atoms with van der Waals surface area (Å²) in [5.41, 5.74) is 1.05. The fourth-order valence-corrected chi connectivity index (χ4v) is 4.79. The summed E-state index contributed by atoms with van der Waals surface area (Å²) in [5.74, 6) is 0.853. The molecule has 0 bridgehead atoms. The fraction of sp³-hybridized carbons (Fsp3) is 0.696. The smallest absolute Gasteiger partial charge is 0.315 e. The highest BCUT2D eigenvalue weighted by Crippen LogP contribution is 2.26. The summed E-state index contributed by atoms with van der Waals surface area (Å²) in [5, 5.41) is 6.15. The molecule has 30 heavy (non-hydrogen) atoms. The van der Waals surface area contributed by atoms with Crippen LogP contribution in [0.1, 0.15) is 37.7 Å². The van der Waals surface area contributed by atoms with Crippen molar-refractivity contribution in [2.75, 3.05) is 52.5 Å². The first-order valence-electron chi connectivity index (χ1n) is 11.6. The van der Waals surface area contributed by atoms with E-state index in [1.165, 1.54) is 25.7 Å². The van der Waals surface area contributed by atoms with Gasteiger partial charge < -0.3 is 20.1 Å². The molecule has 1 atom stereocenters. The van der Waals surface area contributed by atoms with Crippen molar-refractivity contribution in [2.45, 2.75) is 50.7 Å². The maximum Gasteiger partial charge on any atom is 0.315 e. The predicted molar refractivity (Wildman–Crippen MR) is 117 cm³/mol. The van der Waals surface area contributed by atoms with Crippen LogP contribution in [-0.2, 0) is 11.3 Å². The monoisotopic (exact) mass is 416 g/mol. The Bertz CT molecular complexity index is 674. The summed E-state index contributed by atoms with van der Waals surface area (Å²) in [6.07, 6.45) is 6.41. The third-order valence-electron chi connectivity index (χ3n) is 6.53. The largest absolute Gasteiger partial charge is 0.492 e. The van der Waals surface area contributed by atoms with Gasteiger partial charge in [0, 0.05) is 51.4 Å². The molecule has 7 nitrogen and oxygen atoms in total. The normalized spacial score (nSPS) is 23.5. The number of urea groups is 1. The highest BCUT2D eigenvalue weighted by atomic mass is 16.5. The minimum atomic E-state index is -0.0769. The number of benzene rings is 1. The Morgan fingerprint density at radius 2 is 1.97 bits per heavy atom. The van der Waals surface area contributed by atoms with Gasteiger partial charge in [0.15, 0.2) is 0 Å². The Hall–Kier alpha value is -1.83. The first-order chi connectivity index (χ1) is 14.8. The lowest BCUT2D eigenvalue weighted by Gasteiger charge is -2.26. The number of nitrogens with zero attached hydrogens (tertiary/aromatic N) is 2. The fourth-order valence-electron chi connectivity index (χ4n) is 4.79. The molecule has 2 N–H and O–H groups in total. The number of morpholine rings is 1. The summed E-state index contributed by atoms with van der Waals surface area (Å²) in [4.78, 5) is 17.3. The zero-order valence-corrected chi connectivity index (χ0v) is 18.0. The SMILES string of the molecule is O=C(NCc1cccc(OCCN2CCOCC2)c1)NC1CCN(C2CCCC2)C1. The van der Waals surface area contributed by atoms with Gasteiger partial charge in [-0.05, 0) is 37.0 Å². The van der Waals surface area contributed by atoms with E-state index in [-0.39, 0.29) is 12.1 Å². The minimum absolute atomic E-state index is 0.0769. The summed E-state index contributed by atoms with van der Waals surface area (Å²) in [6.45, 7) is 7.74. The first kappa shape index (κ1) is 21.4. The van der Waals surface area contributed by atoms with Crippen molar-refractivity contribution in [1.29, 1.82) is 0 Å². The highest BCUT2D eigenvalue weighted by Gasteiger charge is 2.30. The van der Waals surface area contributed by atoms with E-state index < -0.39 is 0 Å². The standard InChI is InChI=1S/C23H36N4O3/c28-23(25-20-8-9-27(18-20)21-5-1-2-6-21)24-17-19-4-3-7-22(16-19)30-15-12-26-10-13-29-14-11-26/h3-4,7,16,20-21H,1-2,5-6,8-15,17-18H2,(H2,24,25,28). The van der Waals surface area contributed by atoms with Gasteiger partial charge >= 0.3 is 6.03 Å². The highest BCUT2D eigenvalue weighted by molar-refractivity contribution is 5.74. The van der Waals surface area contributed by atoms with Gasteiger partial charge in [-0.2, -0.15) is 0 Å². The number of likely N-dealkylation sites (tertiary alicyclic amines) is 1. The molecule has 1 saturated carbocycles. The average molecular weight is 417 g/mol. The molecule has 2 aliphatic heterocycles. The first-order valence-corrected chi connectivity index (χ1v) is 11.6. The molecule has 166 valence electrons. The van der Waals surface area contributed by atoms with Gasteiger partial charge in [-0.3, -0.25) is 9.80 Å². The van der Waals surface area contributed by atoms with Crippen LogP contribution in [0, 0.1) is 0 Å². The average Bonchev–Trinajstić information content (AvgIpc) is 3.45. The van der Waals surface area contributed by atoms with E-state index >= 15 is 0 Å². The van der Waals surface area contributed by atoms with Gasteiger partial charge in [0.05, 0.1) is 13.2 Å². The second-order valence-electron chi connectivity index (χ2n) is 8.70. The van der Waals surface area contributed by atoms with Gasteiger partial charge in [0.2, 0.25) is 0 Å². The number of nitrogens with one attached hydrogen (secondary N) is 2. The van der Waals surface area contributed by atoms with E-state index in [0.29, 0.717) is 13.2 Å². The van der Waals surface area contributed by atoms with Crippen molar-refractivity contribution in [1.82, 2.24) is 20.4 Å². The number of carbonyl (C=O) groups is 1. The Morgan fingerprint density at radius 3 is 2.80 bits per heavy atom. The molecule has 2 heterocycles. The molecule has 1 unspecified atom stereocenters. The van der Waals surface area contributed by atoms with Gasteiger partial charge in [-0.25, -0.2) is 4.79 Å². The van der Waals surface area contributed by atoms with Crippen LogP contribution in [0.5, 0.6) is 5.75 Å². The van der Waals surface area contributed by atoms with Crippen molar-refractivity contribution in [3.63, 3.8) is 0 Å². The maximum atomic E-state index is 12.3. The molecule has 1 aromatic rings. The minimum Gasteiger partial charge on any atom is -0.492 e. The third kappa shape index (κ3) is 6.33. The summed E-state index contributed by atoms with van der Waals surface area (Å²) < 4.78 is 11.3. The van der Waals surface area contributed by atoms with Crippen LogP contribution in [-0.4, -0.2) is 80.5 Å². The summed E-state index contributed by atoms with van der Waals surface area (Å²) in [6, 6.07) is 8.91. The number of hydrogen-bond donors (Lipinski definition) is 2. The molecule has 0 aromatic heterocycles. The summed E-state index contributed by atoms with van der Waals surface area (Å²) in [7, 11) is 0. The van der Waals surface area contributed by atoms with E-state index in [1.54, 1.807) is 0 Å². The van der Waals surface area contributed by atoms with Crippen molar-refractivity contribution < 1.29 is 14.3 Å². The van der Waals surface area contributed by atoms with Crippen LogP contribution < -0.4 is 15.4 Å². The maximum absolute atomic E-state index is 12.3. The van der Waals surface area contributed by atoms with E-state index in [0.717, 1.165) is 69.7 Å². The topological polar surface area (TPSA) is 66.1 Å². The van der Waals surface area contributed by atoms with Gasteiger partial charge in [0.1, 0.15) is 12.4 Å². The van der Waals surface area contributed by atoms with Crippen molar-refractivity contribution in [2.24, 2.45) is 0 Å². The Labute approximate surface area is 180 Å². The third-order valence-corrected chi connectivity index (χ3v) is 6.53. The Balaban J connectivity index is 1.14. The lowest BCUT2D eigenvalue weighted by molar-refractivity contribution is 0.0322. The molecule has 7 heteroatoms. The second kappa shape index (κ2) is 11.0. The van der Waals surface area contributed by atoms with E-state index in [4.69, 9.17) is 9.47 Å². The predicted octanol–water partition coefficient (Wildman–Crippen LogP) is 2.21. The van der Waals surface area contributed by atoms with Gasteiger partial charge in [-0.15, -0.1) is 0 Å². The van der Waals surface area contributed by atoms with E-state index in [1.807, 2.05) is 24.3 Å². The number of carbonyl (C=O) groups excluding carboxylic acids is 1. The van der Waals surface area contributed by atoms with Crippen molar-refractivity contribution in [3.8, 4) is 5.75 Å². The molecule has 4 rings (SSSR count). The lowest BCUT2D eigenvalue weighted by Crippen LogP contribution is -2.43. The molecule has 2 amide bonds. The van der Waals surface area contributed by atoms with Crippen LogP contribution in [0.4, 0.5) is 4.79 Å². The van der Waals surface area contributed by atoms with Gasteiger partial charge in [-0.1, -0.05) is 25.0 Å². The molecule has 2 saturated heterocycles. The van der Waals surface area contributed by atoms with Crippen LogP contribution in [0.2, 0.25) is 0 Å². The number of amides is 2. The Kier molecular flexibility index (Phi) is 7.83. The van der Waals surface area contributed by atoms with Gasteiger partial charge in [0.25, 0.3) is 0 Å². The molecule has 3 fully saturated rings. The number of rotatable bonds is 8. The van der Waals surface area contributed by atoms with E-state index in [9.17, 15) is 4.79 Å². The molecule has 1 aliphatic carbocycles. The quantitative estimate of drug-likeness (QED) is 0.680. The summed E-state index contributed by atoms with van der Waals surface area (Å²) >= 11 is 0. The second-order valence-corrected chi connectivity index (χ2v) is 8.70. The molecular weight excluding hydrogens is 380 g/mol. The Morgan fingerprint density at radius 1 is 1.13 bits per heavy atom. The molecule has 0 radical (unpaired) electrons. The van der Waals surface area contributed by atoms with Crippen molar-refractivity contribution >= 4 is 6.03 Å². The van der Waals surface area contributed by atoms with E-state index in [2.05, 4.69) is 20.4 Å². The van der Waals surface area contributed by atoms with Crippen LogP contribution in [0.3, 0.4) is 0 Å². The lowest BCUT2D eigenvalue weighted by atomic mass is 10.2. The van der Waals surface area contributed by atoms with Crippen molar-refractivity contribution in [3.05, 3.63) is 29.8 Å². The number of hydrogen-bond acceptors (Lipinski definition) is 5. The van der Waals surface area contributed by atoms with Crippen LogP contribution >= 0.6 is 0 Å². The molecular formula is C23H36N4O3. The molecule has 3 aliphatic rings. The van der Waals surface area contributed by atoms with Crippen LogP contribution in [0.15, 0.2) is 24.3 Å². The molecule has 0 spiro atoms. The zero-order valence-electron chi connectivity index (χ0n) is 18.0.